The Morgan fingerprint density at radius 1 is 0.848 bits per heavy atom. The summed E-state index contributed by atoms with van der Waals surface area (Å²) in [4.78, 5) is 59.7. The number of fused-ring (bicyclic) bond motifs is 4. The summed E-state index contributed by atoms with van der Waals surface area (Å²) in [6.07, 6.45) is 2.45. The van der Waals surface area contributed by atoms with Crippen molar-refractivity contribution in [1.82, 2.24) is 0 Å². The number of halogens is 1. The van der Waals surface area contributed by atoms with E-state index in [9.17, 15) is 24.3 Å². The molecule has 0 unspecified atom stereocenters. The highest BCUT2D eigenvalue weighted by Crippen LogP contribution is 2.65. The first-order chi connectivity index (χ1) is 22.0. The Balaban J connectivity index is 1.42. The van der Waals surface area contributed by atoms with Gasteiger partial charge in [0.25, 0.3) is 0 Å². The Morgan fingerprint density at radius 3 is 2.15 bits per heavy atom. The minimum atomic E-state index is -1.30. The molecule has 1 N–H and O–H groups in total. The lowest BCUT2D eigenvalue weighted by molar-refractivity contribution is -0.131. The number of carbonyl (C=O) groups is 4. The van der Waals surface area contributed by atoms with Gasteiger partial charge in [0.05, 0.1) is 48.8 Å². The minimum Gasteiger partial charge on any atom is -0.508 e. The summed E-state index contributed by atoms with van der Waals surface area (Å²) in [5.41, 5.74) is 1.67. The molecule has 3 fully saturated rings. The first-order valence-electron chi connectivity index (χ1n) is 15.2. The number of rotatable bonds is 5. The van der Waals surface area contributed by atoms with Crippen LogP contribution in [0.4, 0.5) is 11.4 Å². The number of hydrogen-bond acceptors (Lipinski definition) is 7. The Labute approximate surface area is 271 Å². The summed E-state index contributed by atoms with van der Waals surface area (Å²) in [6.45, 7) is 3.64. The van der Waals surface area contributed by atoms with Crippen molar-refractivity contribution in [1.29, 1.82) is 0 Å². The van der Waals surface area contributed by atoms with E-state index in [0.717, 1.165) is 11.1 Å². The second-order valence-corrected chi connectivity index (χ2v) is 13.1. The molecule has 3 aromatic rings. The second kappa shape index (κ2) is 10.7. The van der Waals surface area contributed by atoms with Gasteiger partial charge in [-0.2, -0.15) is 0 Å². The number of para-hydroxylation sites is 1. The lowest BCUT2D eigenvalue weighted by atomic mass is 9.51. The zero-order valence-corrected chi connectivity index (χ0v) is 26.6. The lowest BCUT2D eigenvalue weighted by Gasteiger charge is -2.49. The summed E-state index contributed by atoms with van der Waals surface area (Å²) in [7, 11) is 2.93. The molecule has 0 bridgehead atoms. The van der Waals surface area contributed by atoms with Gasteiger partial charge in [-0.05, 0) is 62.4 Å². The number of nitrogens with zero attached hydrogens (tertiary/aromatic N) is 2. The molecule has 2 saturated heterocycles. The monoisotopic (exact) mass is 640 g/mol. The van der Waals surface area contributed by atoms with Crippen LogP contribution in [-0.2, 0) is 19.2 Å². The molecule has 9 nitrogen and oxygen atoms in total. The van der Waals surface area contributed by atoms with Gasteiger partial charge in [0.2, 0.25) is 23.6 Å². The number of phenolic OH excluding ortho intramolecular Hbond substituents is 1. The van der Waals surface area contributed by atoms with Crippen LogP contribution in [0.2, 0.25) is 5.02 Å². The zero-order chi connectivity index (χ0) is 32.7. The van der Waals surface area contributed by atoms with Gasteiger partial charge in [-0.25, -0.2) is 9.80 Å². The second-order valence-electron chi connectivity index (χ2n) is 12.7. The number of carbonyl (C=O) groups excluding carboxylic acids is 4. The fourth-order valence-corrected chi connectivity index (χ4v) is 8.51. The van der Waals surface area contributed by atoms with Crippen molar-refractivity contribution >= 4 is 46.6 Å². The Hall–Kier alpha value is -4.63. The van der Waals surface area contributed by atoms with Crippen molar-refractivity contribution in [2.75, 3.05) is 24.0 Å². The number of phenols is 1. The summed E-state index contributed by atoms with van der Waals surface area (Å²) in [5.74, 6) is -4.41. The molecule has 0 spiro atoms. The SMILES string of the molecule is COc1cc(O)cc(OC)c1[C@H]1C2=CC[C@@H]3C(=O)N(c4ccc(C)c(Cl)c4)C(=O)[C@@H]3[C@@H]2C[C@H]2C(=O)N(c3ccccc3)C(=O)[C@@]12C. The van der Waals surface area contributed by atoms with Crippen molar-refractivity contribution in [3.8, 4) is 17.2 Å². The maximum absolute atomic E-state index is 14.6. The van der Waals surface area contributed by atoms with Crippen molar-refractivity contribution in [2.45, 2.75) is 32.6 Å². The van der Waals surface area contributed by atoms with E-state index in [1.165, 1.54) is 36.2 Å². The predicted molar refractivity (Wildman–Crippen MR) is 171 cm³/mol. The van der Waals surface area contributed by atoms with Gasteiger partial charge in [-0.15, -0.1) is 0 Å². The van der Waals surface area contributed by atoms with E-state index in [2.05, 4.69) is 0 Å². The van der Waals surface area contributed by atoms with Gasteiger partial charge in [0.15, 0.2) is 0 Å². The summed E-state index contributed by atoms with van der Waals surface area (Å²) >= 11 is 6.40. The van der Waals surface area contributed by atoms with E-state index < -0.39 is 35.0 Å². The standard InChI is InChI=1S/C36H33ClN2O7/c1-18-10-11-20(14-26(18)37)38-32(41)23-13-12-22-24(29(23)34(38)43)17-25-33(42)39(19-8-6-5-7-9-19)35(44)36(25,2)31(22)30-27(45-3)15-21(40)16-28(30)46-4/h5-12,14-16,23-25,29,31,40H,13,17H2,1-4H3/t23-,24+,25-,29-,31+,36+/m0/s1. The van der Waals surface area contributed by atoms with Crippen LogP contribution in [0.25, 0.3) is 0 Å². The third-order valence-electron chi connectivity index (χ3n) is 10.5. The molecular weight excluding hydrogens is 608 g/mol. The molecule has 1 saturated carbocycles. The Morgan fingerprint density at radius 2 is 1.52 bits per heavy atom. The number of aromatic hydroxyl groups is 1. The van der Waals surface area contributed by atoms with Gasteiger partial charge in [-0.1, -0.05) is 47.5 Å². The molecule has 3 aromatic carbocycles. The van der Waals surface area contributed by atoms with Crippen molar-refractivity contribution in [3.05, 3.63) is 88.5 Å². The molecule has 236 valence electrons. The van der Waals surface area contributed by atoms with E-state index in [-0.39, 0.29) is 53.7 Å². The molecule has 2 aliphatic carbocycles. The quantitative estimate of drug-likeness (QED) is 0.277. The molecule has 0 radical (unpaired) electrons. The topological polar surface area (TPSA) is 113 Å². The first-order valence-corrected chi connectivity index (χ1v) is 15.6. The Kier molecular flexibility index (Phi) is 7.01. The highest BCUT2D eigenvalue weighted by molar-refractivity contribution is 6.32. The molecule has 4 amide bonds. The van der Waals surface area contributed by atoms with Crippen molar-refractivity contribution in [3.63, 3.8) is 0 Å². The highest BCUT2D eigenvalue weighted by Gasteiger charge is 2.68. The molecule has 6 atom stereocenters. The van der Waals surface area contributed by atoms with Crippen LogP contribution < -0.4 is 19.3 Å². The largest absolute Gasteiger partial charge is 0.508 e. The van der Waals surface area contributed by atoms with Crippen LogP contribution in [0.3, 0.4) is 0 Å². The van der Waals surface area contributed by atoms with Crippen LogP contribution in [0.5, 0.6) is 17.2 Å². The number of ether oxygens (including phenoxy) is 2. The molecule has 4 aliphatic rings. The molecule has 7 rings (SSSR count). The Bertz CT molecular complexity index is 1830. The molecule has 2 aliphatic heterocycles. The molecular formula is C36H33ClN2O7. The summed E-state index contributed by atoms with van der Waals surface area (Å²) < 4.78 is 11.5. The number of anilines is 2. The first kappa shape index (κ1) is 30.0. The molecule has 46 heavy (non-hydrogen) atoms. The third kappa shape index (κ3) is 4.07. The van der Waals surface area contributed by atoms with Gasteiger partial charge >= 0.3 is 0 Å². The number of hydrogen-bond donors (Lipinski definition) is 1. The van der Waals surface area contributed by atoms with Gasteiger partial charge in [-0.3, -0.25) is 19.2 Å². The predicted octanol–water partition coefficient (Wildman–Crippen LogP) is 5.81. The van der Waals surface area contributed by atoms with E-state index in [1.807, 2.05) is 19.1 Å². The van der Waals surface area contributed by atoms with Crippen molar-refractivity contribution in [2.24, 2.45) is 29.1 Å². The zero-order valence-electron chi connectivity index (χ0n) is 25.8. The van der Waals surface area contributed by atoms with Gasteiger partial charge in [0.1, 0.15) is 17.2 Å². The lowest BCUT2D eigenvalue weighted by Crippen LogP contribution is -2.49. The molecule has 10 heteroatoms. The average Bonchev–Trinajstić information content (AvgIpc) is 3.42. The minimum absolute atomic E-state index is 0.0899. The third-order valence-corrected chi connectivity index (χ3v) is 10.9. The molecule has 2 heterocycles. The molecule has 0 aromatic heterocycles. The average molecular weight is 641 g/mol. The number of methoxy groups -OCH3 is 2. The van der Waals surface area contributed by atoms with Crippen molar-refractivity contribution < 1.29 is 33.8 Å². The summed E-state index contributed by atoms with van der Waals surface area (Å²) in [6, 6.07) is 16.8. The number of aryl methyl sites for hydroxylation is 1. The number of amides is 4. The van der Waals surface area contributed by atoms with E-state index in [1.54, 1.807) is 49.4 Å². The van der Waals surface area contributed by atoms with E-state index in [4.69, 9.17) is 21.1 Å². The van der Waals surface area contributed by atoms with Gasteiger partial charge < -0.3 is 14.6 Å². The maximum Gasteiger partial charge on any atom is 0.241 e. The van der Waals surface area contributed by atoms with Crippen LogP contribution in [0.1, 0.15) is 36.8 Å². The summed E-state index contributed by atoms with van der Waals surface area (Å²) in [5, 5.41) is 11.0. The smallest absolute Gasteiger partial charge is 0.241 e. The highest BCUT2D eigenvalue weighted by atomic mass is 35.5. The van der Waals surface area contributed by atoms with Gasteiger partial charge in [0, 0.05) is 28.6 Å². The normalized spacial score (nSPS) is 28.5. The number of imide groups is 2. The fourth-order valence-electron chi connectivity index (χ4n) is 8.33. The van der Waals surface area contributed by atoms with Crippen LogP contribution in [0.15, 0.2) is 72.3 Å². The number of benzene rings is 3. The van der Waals surface area contributed by atoms with Crippen LogP contribution in [0, 0.1) is 36.0 Å². The number of allylic oxidation sites excluding steroid dienone is 2. The van der Waals surface area contributed by atoms with E-state index in [0.29, 0.717) is 22.0 Å². The van der Waals surface area contributed by atoms with Crippen LogP contribution in [-0.4, -0.2) is 43.0 Å². The van der Waals surface area contributed by atoms with E-state index >= 15 is 0 Å². The fraction of sp³-hybridized carbons (Fsp3) is 0.333. The maximum atomic E-state index is 14.6. The van der Waals surface area contributed by atoms with Crippen LogP contribution >= 0.6 is 11.6 Å².